The first-order valence-electron chi connectivity index (χ1n) is 6.75. The van der Waals surface area contributed by atoms with Crippen molar-refractivity contribution in [2.24, 2.45) is 4.99 Å². The zero-order valence-electron chi connectivity index (χ0n) is 11.1. The van der Waals surface area contributed by atoms with Crippen molar-refractivity contribution < 1.29 is 0 Å². The number of aryl methyl sites for hydroxylation is 1. The van der Waals surface area contributed by atoms with Crippen LogP contribution in [0.4, 0.5) is 5.69 Å². The summed E-state index contributed by atoms with van der Waals surface area (Å²) in [7, 11) is 1.87. The molecule has 1 aliphatic rings. The van der Waals surface area contributed by atoms with Crippen LogP contribution in [-0.4, -0.2) is 12.9 Å². The van der Waals surface area contributed by atoms with E-state index in [0.29, 0.717) is 5.92 Å². The Morgan fingerprint density at radius 1 is 1.00 bits per heavy atom. The maximum absolute atomic E-state index is 4.47. The van der Waals surface area contributed by atoms with Gasteiger partial charge in [-0.1, -0.05) is 48.5 Å². The summed E-state index contributed by atoms with van der Waals surface area (Å²) in [4.78, 5) is 4.47. The molecule has 1 atom stereocenters. The minimum absolute atomic E-state index is 0.360. The number of fused-ring (bicyclic) bond motifs is 1. The minimum Gasteiger partial charge on any atom is -0.343 e. The molecule has 2 aromatic rings. The third kappa shape index (κ3) is 2.39. The summed E-state index contributed by atoms with van der Waals surface area (Å²) in [5.74, 6) is 1.43. The zero-order valence-corrected chi connectivity index (χ0v) is 11.1. The molecule has 0 bridgehead atoms. The van der Waals surface area contributed by atoms with Crippen LogP contribution in [-0.2, 0) is 6.42 Å². The first kappa shape index (κ1) is 12.0. The summed E-state index contributed by atoms with van der Waals surface area (Å²) in [5.41, 5.74) is 3.91. The Kier molecular flexibility index (Phi) is 3.32. The SMILES string of the molecule is CN=C1Nc2ccccc2CCC1c1ccccc1. The normalized spacial score (nSPS) is 20.5. The Bertz CT molecular complexity index is 587. The van der Waals surface area contributed by atoms with Crippen molar-refractivity contribution in [3.05, 3.63) is 65.7 Å². The molecule has 2 aromatic carbocycles. The van der Waals surface area contributed by atoms with Gasteiger partial charge in [0.05, 0.1) is 0 Å². The van der Waals surface area contributed by atoms with Gasteiger partial charge in [-0.3, -0.25) is 4.99 Å². The molecule has 1 heterocycles. The van der Waals surface area contributed by atoms with Crippen LogP contribution < -0.4 is 5.32 Å². The molecule has 1 N–H and O–H groups in total. The van der Waals surface area contributed by atoms with Crippen molar-refractivity contribution in [3.8, 4) is 0 Å². The first-order chi connectivity index (χ1) is 9.38. The van der Waals surface area contributed by atoms with Crippen molar-refractivity contribution in [1.29, 1.82) is 0 Å². The van der Waals surface area contributed by atoms with E-state index < -0.39 is 0 Å². The number of rotatable bonds is 1. The maximum Gasteiger partial charge on any atom is 0.108 e. The summed E-state index contributed by atoms with van der Waals surface area (Å²) in [6.07, 6.45) is 2.18. The monoisotopic (exact) mass is 250 g/mol. The molecule has 0 spiro atoms. The molecular formula is C17H18N2. The molecule has 3 rings (SSSR count). The number of para-hydroxylation sites is 1. The minimum atomic E-state index is 0.360. The Hall–Kier alpha value is -2.09. The average Bonchev–Trinajstić information content (AvgIpc) is 2.67. The highest BCUT2D eigenvalue weighted by atomic mass is 15.0. The number of benzene rings is 2. The molecule has 19 heavy (non-hydrogen) atoms. The number of nitrogens with zero attached hydrogens (tertiary/aromatic N) is 1. The van der Waals surface area contributed by atoms with Gasteiger partial charge in [-0.2, -0.15) is 0 Å². The lowest BCUT2D eigenvalue weighted by atomic mass is 9.92. The number of amidine groups is 1. The van der Waals surface area contributed by atoms with E-state index in [1.165, 1.54) is 16.8 Å². The van der Waals surface area contributed by atoms with Crippen molar-refractivity contribution in [2.75, 3.05) is 12.4 Å². The van der Waals surface area contributed by atoms with Gasteiger partial charge < -0.3 is 5.32 Å². The van der Waals surface area contributed by atoms with E-state index in [2.05, 4.69) is 64.9 Å². The summed E-state index contributed by atoms with van der Waals surface area (Å²) in [6.45, 7) is 0. The van der Waals surface area contributed by atoms with Crippen LogP contribution in [0.2, 0.25) is 0 Å². The lowest BCUT2D eigenvalue weighted by molar-refractivity contribution is 0.773. The van der Waals surface area contributed by atoms with E-state index >= 15 is 0 Å². The topological polar surface area (TPSA) is 24.4 Å². The lowest BCUT2D eigenvalue weighted by Gasteiger charge is -2.17. The summed E-state index contributed by atoms with van der Waals surface area (Å²) >= 11 is 0. The Labute approximate surface area is 114 Å². The van der Waals surface area contributed by atoms with Crippen molar-refractivity contribution in [1.82, 2.24) is 0 Å². The van der Waals surface area contributed by atoms with Gasteiger partial charge in [0.2, 0.25) is 0 Å². The fourth-order valence-corrected chi connectivity index (χ4v) is 2.74. The molecule has 0 saturated heterocycles. The molecule has 0 amide bonds. The lowest BCUT2D eigenvalue weighted by Crippen LogP contribution is -2.20. The smallest absolute Gasteiger partial charge is 0.108 e. The van der Waals surface area contributed by atoms with Crippen LogP contribution in [0.5, 0.6) is 0 Å². The second kappa shape index (κ2) is 5.27. The summed E-state index contributed by atoms with van der Waals surface area (Å²) in [6, 6.07) is 19.1. The van der Waals surface area contributed by atoms with E-state index in [1.807, 2.05) is 7.05 Å². The van der Waals surface area contributed by atoms with Crippen molar-refractivity contribution >= 4 is 11.5 Å². The molecule has 0 saturated carbocycles. The van der Waals surface area contributed by atoms with E-state index in [1.54, 1.807) is 0 Å². The highest BCUT2D eigenvalue weighted by Gasteiger charge is 2.22. The van der Waals surface area contributed by atoms with Gasteiger partial charge in [-0.05, 0) is 30.0 Å². The van der Waals surface area contributed by atoms with Crippen LogP contribution in [0.25, 0.3) is 0 Å². The molecule has 2 nitrogen and oxygen atoms in total. The number of aliphatic imine (C=N–C) groups is 1. The van der Waals surface area contributed by atoms with Gasteiger partial charge in [0.25, 0.3) is 0 Å². The number of hydrogen-bond donors (Lipinski definition) is 1. The predicted octanol–water partition coefficient (Wildman–Crippen LogP) is 3.86. The molecule has 0 aromatic heterocycles. The molecule has 96 valence electrons. The summed E-state index contributed by atoms with van der Waals surface area (Å²) in [5, 5.41) is 3.51. The second-order valence-corrected chi connectivity index (χ2v) is 4.89. The molecule has 1 aliphatic heterocycles. The molecule has 1 unspecified atom stereocenters. The number of hydrogen-bond acceptors (Lipinski definition) is 1. The fourth-order valence-electron chi connectivity index (χ4n) is 2.74. The van der Waals surface area contributed by atoms with E-state index in [0.717, 1.165) is 18.7 Å². The molecule has 0 fully saturated rings. The Morgan fingerprint density at radius 3 is 2.53 bits per heavy atom. The van der Waals surface area contributed by atoms with E-state index in [9.17, 15) is 0 Å². The van der Waals surface area contributed by atoms with Gasteiger partial charge in [-0.15, -0.1) is 0 Å². The van der Waals surface area contributed by atoms with Crippen LogP contribution in [0, 0.1) is 0 Å². The number of anilines is 1. The molecular weight excluding hydrogens is 232 g/mol. The fraction of sp³-hybridized carbons (Fsp3) is 0.235. The zero-order chi connectivity index (χ0) is 13.1. The van der Waals surface area contributed by atoms with Gasteiger partial charge in [0, 0.05) is 18.7 Å². The highest BCUT2D eigenvalue weighted by Crippen LogP contribution is 2.30. The quantitative estimate of drug-likeness (QED) is 0.816. The maximum atomic E-state index is 4.47. The first-order valence-corrected chi connectivity index (χ1v) is 6.75. The van der Waals surface area contributed by atoms with Crippen molar-refractivity contribution in [3.63, 3.8) is 0 Å². The van der Waals surface area contributed by atoms with Crippen molar-refractivity contribution in [2.45, 2.75) is 18.8 Å². The summed E-state index contributed by atoms with van der Waals surface area (Å²) < 4.78 is 0. The highest BCUT2D eigenvalue weighted by molar-refractivity contribution is 6.01. The van der Waals surface area contributed by atoms with Gasteiger partial charge in [-0.25, -0.2) is 0 Å². The van der Waals surface area contributed by atoms with Gasteiger partial charge in [0.15, 0.2) is 0 Å². The molecule has 0 aliphatic carbocycles. The third-order valence-electron chi connectivity index (χ3n) is 3.76. The van der Waals surface area contributed by atoms with E-state index in [-0.39, 0.29) is 0 Å². The van der Waals surface area contributed by atoms with Gasteiger partial charge in [0.1, 0.15) is 5.84 Å². The van der Waals surface area contributed by atoms with Crippen LogP contribution in [0.3, 0.4) is 0 Å². The third-order valence-corrected chi connectivity index (χ3v) is 3.76. The largest absolute Gasteiger partial charge is 0.343 e. The number of nitrogens with one attached hydrogen (secondary N) is 1. The predicted molar refractivity (Wildman–Crippen MR) is 80.9 cm³/mol. The Morgan fingerprint density at radius 2 is 1.74 bits per heavy atom. The Balaban J connectivity index is 1.97. The van der Waals surface area contributed by atoms with E-state index in [4.69, 9.17) is 0 Å². The van der Waals surface area contributed by atoms with Crippen LogP contribution >= 0.6 is 0 Å². The second-order valence-electron chi connectivity index (χ2n) is 4.89. The molecule has 2 heteroatoms. The average molecular weight is 250 g/mol. The van der Waals surface area contributed by atoms with Crippen LogP contribution in [0.1, 0.15) is 23.5 Å². The molecule has 0 radical (unpaired) electrons. The van der Waals surface area contributed by atoms with Gasteiger partial charge >= 0.3 is 0 Å². The van der Waals surface area contributed by atoms with Crippen LogP contribution in [0.15, 0.2) is 59.6 Å². The standard InChI is InChI=1S/C17H18N2/c1-18-17-15(13-7-3-2-4-8-13)12-11-14-9-5-6-10-16(14)19-17/h2-10,15H,11-12H2,1H3,(H,18,19).